The number of halogens is 1. The number of hydrogen-bond donors (Lipinski definition) is 3. The largest absolute Gasteiger partial charge is 0.353 e. The summed E-state index contributed by atoms with van der Waals surface area (Å²) in [5, 5.41) is 8.24. The fourth-order valence-electron chi connectivity index (χ4n) is 1.93. The van der Waals surface area contributed by atoms with Crippen LogP contribution >= 0.6 is 0 Å². The van der Waals surface area contributed by atoms with Gasteiger partial charge in [-0.3, -0.25) is 14.9 Å². The summed E-state index contributed by atoms with van der Waals surface area (Å²) >= 11 is 0. The summed E-state index contributed by atoms with van der Waals surface area (Å²) in [6, 6.07) is 5.37. The lowest BCUT2D eigenvalue weighted by Crippen LogP contribution is -2.58. The van der Waals surface area contributed by atoms with Crippen LogP contribution < -0.4 is 16.0 Å². The molecule has 0 saturated carbocycles. The quantitative estimate of drug-likeness (QED) is 0.725. The van der Waals surface area contributed by atoms with Crippen LogP contribution in [0.1, 0.15) is 18.5 Å². The molecule has 0 bridgehead atoms. The lowest BCUT2D eigenvalue weighted by Gasteiger charge is -2.25. The molecule has 2 unspecified atom stereocenters. The van der Waals surface area contributed by atoms with Gasteiger partial charge in [-0.1, -0.05) is 12.1 Å². The van der Waals surface area contributed by atoms with Gasteiger partial charge in [0.15, 0.2) is 0 Å². The maximum Gasteiger partial charge on any atom is 0.239 e. The number of carbonyl (C=O) groups excluding carboxylic acids is 2. The molecule has 2 rings (SSSR count). The highest BCUT2D eigenvalue weighted by Gasteiger charge is 2.24. The molecular formula is C13H16FN3O2. The topological polar surface area (TPSA) is 70.2 Å². The first kappa shape index (κ1) is 13.5. The highest BCUT2D eigenvalue weighted by Crippen LogP contribution is 2.13. The lowest BCUT2D eigenvalue weighted by molar-refractivity contribution is -0.127. The fraction of sp³-hybridized carbons (Fsp3) is 0.385. The molecule has 19 heavy (non-hydrogen) atoms. The number of carbonyl (C=O) groups is 2. The highest BCUT2D eigenvalue weighted by atomic mass is 19.1. The SMILES string of the molecule is CC(NC(=O)C1CNC(=O)CN1)c1cccc(F)c1. The molecule has 1 heterocycles. The summed E-state index contributed by atoms with van der Waals surface area (Å²) < 4.78 is 13.1. The zero-order chi connectivity index (χ0) is 13.8. The number of rotatable bonds is 3. The Hall–Kier alpha value is -1.95. The molecule has 1 aliphatic heterocycles. The molecule has 2 atom stereocenters. The summed E-state index contributed by atoms with van der Waals surface area (Å²) in [7, 11) is 0. The maximum absolute atomic E-state index is 13.1. The van der Waals surface area contributed by atoms with Crippen molar-refractivity contribution in [3.8, 4) is 0 Å². The van der Waals surface area contributed by atoms with Gasteiger partial charge in [0, 0.05) is 6.54 Å². The van der Waals surface area contributed by atoms with Gasteiger partial charge in [-0.15, -0.1) is 0 Å². The summed E-state index contributed by atoms with van der Waals surface area (Å²) in [5.74, 6) is -0.666. The molecule has 0 spiro atoms. The molecule has 1 fully saturated rings. The Kier molecular flexibility index (Phi) is 4.11. The van der Waals surface area contributed by atoms with E-state index in [4.69, 9.17) is 0 Å². The number of piperazine rings is 1. The summed E-state index contributed by atoms with van der Waals surface area (Å²) in [6.07, 6.45) is 0. The molecule has 3 N–H and O–H groups in total. The average molecular weight is 265 g/mol. The van der Waals surface area contributed by atoms with Gasteiger partial charge >= 0.3 is 0 Å². The van der Waals surface area contributed by atoms with Crippen molar-refractivity contribution in [1.82, 2.24) is 16.0 Å². The maximum atomic E-state index is 13.1. The third-order valence-corrected chi connectivity index (χ3v) is 3.04. The Morgan fingerprint density at radius 3 is 2.95 bits per heavy atom. The van der Waals surface area contributed by atoms with E-state index >= 15 is 0 Å². The van der Waals surface area contributed by atoms with Crippen LogP contribution in [0, 0.1) is 5.82 Å². The van der Waals surface area contributed by atoms with Gasteiger partial charge in [0.05, 0.1) is 12.6 Å². The highest BCUT2D eigenvalue weighted by molar-refractivity contribution is 5.86. The normalized spacial score (nSPS) is 20.5. The van der Waals surface area contributed by atoms with Crippen molar-refractivity contribution in [2.45, 2.75) is 19.0 Å². The van der Waals surface area contributed by atoms with Crippen LogP contribution in [0.5, 0.6) is 0 Å². The van der Waals surface area contributed by atoms with E-state index in [1.807, 2.05) is 0 Å². The van der Waals surface area contributed by atoms with E-state index in [0.717, 1.165) is 0 Å². The third-order valence-electron chi connectivity index (χ3n) is 3.04. The second-order valence-electron chi connectivity index (χ2n) is 4.52. The minimum Gasteiger partial charge on any atom is -0.353 e. The van der Waals surface area contributed by atoms with Crippen molar-refractivity contribution in [1.29, 1.82) is 0 Å². The molecule has 102 valence electrons. The molecule has 1 aliphatic rings. The first-order valence-electron chi connectivity index (χ1n) is 6.12. The van der Waals surface area contributed by atoms with E-state index in [0.29, 0.717) is 5.56 Å². The predicted molar refractivity (Wildman–Crippen MR) is 67.8 cm³/mol. The Balaban J connectivity index is 1.93. The number of nitrogens with one attached hydrogen (secondary N) is 3. The van der Waals surface area contributed by atoms with Gasteiger partial charge in [-0.2, -0.15) is 0 Å². The Morgan fingerprint density at radius 2 is 2.32 bits per heavy atom. The van der Waals surface area contributed by atoms with Crippen molar-refractivity contribution in [3.63, 3.8) is 0 Å². The smallest absolute Gasteiger partial charge is 0.239 e. The molecule has 2 amide bonds. The van der Waals surface area contributed by atoms with Gasteiger partial charge in [-0.05, 0) is 24.6 Å². The van der Waals surface area contributed by atoms with E-state index in [2.05, 4.69) is 16.0 Å². The Morgan fingerprint density at radius 1 is 1.53 bits per heavy atom. The van der Waals surface area contributed by atoms with Crippen LogP contribution in [0.2, 0.25) is 0 Å². The summed E-state index contributed by atoms with van der Waals surface area (Å²) in [4.78, 5) is 22.9. The molecule has 5 nitrogen and oxygen atoms in total. The predicted octanol–water partition coefficient (Wildman–Crippen LogP) is 0.0909. The summed E-state index contributed by atoms with van der Waals surface area (Å²) in [6.45, 7) is 2.18. The van der Waals surface area contributed by atoms with Crippen molar-refractivity contribution in [2.75, 3.05) is 13.1 Å². The lowest BCUT2D eigenvalue weighted by atomic mass is 10.1. The average Bonchev–Trinajstić information content (AvgIpc) is 2.39. The molecular weight excluding hydrogens is 249 g/mol. The van der Waals surface area contributed by atoms with Gasteiger partial charge in [0.25, 0.3) is 0 Å². The molecule has 0 radical (unpaired) electrons. The van der Waals surface area contributed by atoms with Crippen LogP contribution in [0.25, 0.3) is 0 Å². The van der Waals surface area contributed by atoms with E-state index in [1.54, 1.807) is 19.1 Å². The Bertz CT molecular complexity index is 483. The van der Waals surface area contributed by atoms with Crippen LogP contribution in [0.4, 0.5) is 4.39 Å². The van der Waals surface area contributed by atoms with Gasteiger partial charge < -0.3 is 10.6 Å². The minimum absolute atomic E-state index is 0.123. The molecule has 1 aromatic rings. The first-order chi connectivity index (χ1) is 9.06. The van der Waals surface area contributed by atoms with E-state index in [9.17, 15) is 14.0 Å². The second-order valence-corrected chi connectivity index (χ2v) is 4.52. The van der Waals surface area contributed by atoms with Crippen molar-refractivity contribution >= 4 is 11.8 Å². The standard InChI is InChI=1S/C13H16FN3O2/c1-8(9-3-2-4-10(14)5-9)17-13(19)11-6-16-12(18)7-15-11/h2-5,8,11,15H,6-7H2,1H3,(H,16,18)(H,17,19). The zero-order valence-electron chi connectivity index (χ0n) is 10.6. The molecule has 1 aromatic carbocycles. The van der Waals surface area contributed by atoms with Crippen LogP contribution in [0.15, 0.2) is 24.3 Å². The van der Waals surface area contributed by atoms with Gasteiger partial charge in [0.1, 0.15) is 11.9 Å². The van der Waals surface area contributed by atoms with E-state index in [-0.39, 0.29) is 36.8 Å². The number of benzene rings is 1. The van der Waals surface area contributed by atoms with E-state index < -0.39 is 6.04 Å². The van der Waals surface area contributed by atoms with Crippen LogP contribution in [-0.2, 0) is 9.59 Å². The van der Waals surface area contributed by atoms with Crippen LogP contribution in [-0.4, -0.2) is 30.9 Å². The minimum atomic E-state index is -0.450. The third kappa shape index (κ3) is 3.51. The zero-order valence-corrected chi connectivity index (χ0v) is 10.6. The van der Waals surface area contributed by atoms with Crippen molar-refractivity contribution < 1.29 is 14.0 Å². The first-order valence-corrected chi connectivity index (χ1v) is 6.12. The van der Waals surface area contributed by atoms with Crippen molar-refractivity contribution in [3.05, 3.63) is 35.6 Å². The summed E-state index contributed by atoms with van der Waals surface area (Å²) in [5.41, 5.74) is 0.702. The number of hydrogen-bond acceptors (Lipinski definition) is 3. The van der Waals surface area contributed by atoms with Gasteiger partial charge in [-0.25, -0.2) is 4.39 Å². The molecule has 1 saturated heterocycles. The monoisotopic (exact) mass is 265 g/mol. The fourth-order valence-corrected chi connectivity index (χ4v) is 1.93. The number of amides is 2. The molecule has 6 heteroatoms. The second kappa shape index (κ2) is 5.79. The van der Waals surface area contributed by atoms with E-state index in [1.165, 1.54) is 12.1 Å². The van der Waals surface area contributed by atoms with Crippen molar-refractivity contribution in [2.24, 2.45) is 0 Å². The van der Waals surface area contributed by atoms with Crippen LogP contribution in [0.3, 0.4) is 0 Å². The molecule has 0 aliphatic carbocycles. The Labute approximate surface area is 110 Å². The molecule has 0 aromatic heterocycles. The van der Waals surface area contributed by atoms with Gasteiger partial charge in [0.2, 0.25) is 11.8 Å².